The summed E-state index contributed by atoms with van der Waals surface area (Å²) in [5, 5.41) is 76.3. The van der Waals surface area contributed by atoms with E-state index >= 15 is 0 Å². The minimum atomic E-state index is -2.24. The molecule has 2 fully saturated rings. The van der Waals surface area contributed by atoms with Crippen LogP contribution in [-0.2, 0) is 19.1 Å². The first-order valence-electron chi connectivity index (χ1n) is 7.20. The Bertz CT molecular complexity index is 416. The third-order valence-electron chi connectivity index (χ3n) is 4.13. The van der Waals surface area contributed by atoms with Crippen molar-refractivity contribution in [3.8, 4) is 0 Å². The predicted octanol–water partition coefficient (Wildman–Crippen LogP) is -5.55. The van der Waals surface area contributed by atoms with Gasteiger partial charge in [0.2, 0.25) is 5.79 Å². The van der Waals surface area contributed by atoms with E-state index in [2.05, 4.69) is 4.89 Å². The van der Waals surface area contributed by atoms with E-state index in [1.165, 1.54) is 0 Å². The van der Waals surface area contributed by atoms with Gasteiger partial charge < -0.3 is 50.0 Å². The van der Waals surface area contributed by atoms with Gasteiger partial charge in [0.1, 0.15) is 55.9 Å². The number of ether oxygens (including phenoxy) is 3. The van der Waals surface area contributed by atoms with Crippen molar-refractivity contribution in [2.75, 3.05) is 19.8 Å². The Hall–Kier alpha value is 0.520. The molecule has 0 aliphatic carbocycles. The molecule has 0 aromatic carbocycles. The van der Waals surface area contributed by atoms with Crippen LogP contribution in [0.5, 0.6) is 0 Å². The van der Waals surface area contributed by atoms with E-state index in [0.717, 1.165) is 0 Å². The fourth-order valence-electron chi connectivity index (χ4n) is 2.69. The third kappa shape index (κ3) is 4.51. The summed E-state index contributed by atoms with van der Waals surface area (Å²) in [5.74, 6) is -2.24. The summed E-state index contributed by atoms with van der Waals surface area (Å²) in [7, 11) is 0. The number of rotatable bonds is 6. The topological polar surface area (TPSA) is 199 Å². The zero-order chi connectivity index (χ0) is 18.1. The van der Waals surface area contributed by atoms with Crippen molar-refractivity contribution < 1.29 is 60.1 Å². The molecule has 0 amide bonds. The van der Waals surface area contributed by atoms with Gasteiger partial charge in [-0.1, -0.05) is 0 Å². The molecule has 2 aliphatic heterocycles. The number of hydrogen-bond donors (Lipinski definition) is 8. The van der Waals surface area contributed by atoms with Crippen LogP contribution >= 0.6 is 0 Å². The molecule has 0 radical (unpaired) electrons. The Morgan fingerprint density at radius 1 is 0.880 bits per heavy atom. The van der Waals surface area contributed by atoms with Crippen LogP contribution in [0.2, 0.25) is 0 Å². The molecule has 0 aromatic rings. The van der Waals surface area contributed by atoms with Crippen molar-refractivity contribution >= 4 is 29.6 Å². The molecular weight excluding hydrogens is 359 g/mol. The van der Waals surface area contributed by atoms with Crippen molar-refractivity contribution in [1.82, 2.24) is 0 Å². The molecule has 0 saturated carbocycles. The molecule has 0 bridgehead atoms. The van der Waals surface area contributed by atoms with Gasteiger partial charge >= 0.3 is 29.6 Å². The predicted molar refractivity (Wildman–Crippen MR) is 77.3 cm³/mol. The molecule has 8 N–H and O–H groups in total. The van der Waals surface area contributed by atoms with Crippen molar-refractivity contribution in [2.24, 2.45) is 0 Å². The quantitative estimate of drug-likeness (QED) is 0.123. The van der Waals surface area contributed by atoms with E-state index in [4.69, 9.17) is 24.6 Å². The van der Waals surface area contributed by atoms with Gasteiger partial charge in [0.15, 0.2) is 6.29 Å². The maximum absolute atomic E-state index is 10.0. The Balaban J connectivity index is 0.00000312. The van der Waals surface area contributed by atoms with E-state index in [1.54, 1.807) is 0 Å². The summed E-state index contributed by atoms with van der Waals surface area (Å²) in [6, 6.07) is 0. The second kappa shape index (κ2) is 9.64. The first-order valence-corrected chi connectivity index (χ1v) is 7.20. The van der Waals surface area contributed by atoms with Gasteiger partial charge in [-0.3, -0.25) is 5.26 Å². The second-order valence-electron chi connectivity index (χ2n) is 5.67. The van der Waals surface area contributed by atoms with Crippen LogP contribution in [0.1, 0.15) is 0 Å². The van der Waals surface area contributed by atoms with E-state index in [-0.39, 0.29) is 29.6 Å². The maximum atomic E-state index is 10.0. The van der Waals surface area contributed by atoms with Crippen molar-refractivity contribution in [3.63, 3.8) is 0 Å². The van der Waals surface area contributed by atoms with E-state index in [0.29, 0.717) is 0 Å². The summed E-state index contributed by atoms with van der Waals surface area (Å²) < 4.78 is 15.5. The first-order chi connectivity index (χ1) is 11.3. The van der Waals surface area contributed by atoms with Crippen LogP contribution < -0.4 is 0 Å². The first kappa shape index (κ1) is 23.6. The Kier molecular flexibility index (Phi) is 9.08. The molecule has 0 spiro atoms. The van der Waals surface area contributed by atoms with Crippen LogP contribution in [0.25, 0.3) is 0 Å². The van der Waals surface area contributed by atoms with E-state index in [9.17, 15) is 30.6 Å². The van der Waals surface area contributed by atoms with Gasteiger partial charge in [-0.05, 0) is 0 Å². The van der Waals surface area contributed by atoms with Gasteiger partial charge in [0.05, 0.1) is 6.61 Å². The molecule has 0 aromatic heterocycles. The molecule has 2 rings (SSSR count). The third-order valence-corrected chi connectivity index (χ3v) is 4.13. The zero-order valence-electron chi connectivity index (χ0n) is 12.5. The molecular formula is C12H23NaO12. The summed E-state index contributed by atoms with van der Waals surface area (Å²) in [6.45, 7) is -2.23. The fourth-order valence-corrected chi connectivity index (χ4v) is 2.69. The van der Waals surface area contributed by atoms with Gasteiger partial charge in [0, 0.05) is 0 Å². The van der Waals surface area contributed by atoms with Gasteiger partial charge in [-0.25, -0.2) is 4.89 Å². The van der Waals surface area contributed by atoms with Crippen molar-refractivity contribution in [2.45, 2.75) is 54.8 Å². The monoisotopic (exact) mass is 382 g/mol. The Morgan fingerprint density at radius 2 is 1.52 bits per heavy atom. The van der Waals surface area contributed by atoms with Crippen LogP contribution in [0.15, 0.2) is 0 Å². The standard InChI is InChI=1S/C12H22O12.Na.H/c13-1-4-7(16)10(19)12(3-14,23-4)24-11-9(18)8(17)6(15)5(22-11)2-21-20;;/h4-11,13-20H,1-3H2;;/t4-,5-,6-,7-,8+,9-,10+,11-,12+;;/m1../s1. The van der Waals surface area contributed by atoms with E-state index in [1.807, 2.05) is 0 Å². The molecule has 2 saturated heterocycles. The van der Waals surface area contributed by atoms with Crippen LogP contribution in [0, 0.1) is 0 Å². The number of aliphatic hydroxyl groups is 7. The second-order valence-corrected chi connectivity index (χ2v) is 5.67. The van der Waals surface area contributed by atoms with Crippen molar-refractivity contribution in [1.29, 1.82) is 0 Å². The fraction of sp³-hybridized carbons (Fsp3) is 1.00. The van der Waals surface area contributed by atoms with Gasteiger partial charge in [-0.2, -0.15) is 0 Å². The normalized spacial score (nSPS) is 47.5. The molecule has 144 valence electrons. The minimum absolute atomic E-state index is 0. The summed E-state index contributed by atoms with van der Waals surface area (Å²) in [6.07, 6.45) is -12.8. The molecule has 0 unspecified atom stereocenters. The Morgan fingerprint density at radius 3 is 2.00 bits per heavy atom. The summed E-state index contributed by atoms with van der Waals surface area (Å²) in [4.78, 5) is 3.84. The van der Waals surface area contributed by atoms with Gasteiger partial charge in [0.25, 0.3) is 0 Å². The molecule has 25 heavy (non-hydrogen) atoms. The zero-order valence-corrected chi connectivity index (χ0v) is 12.5. The van der Waals surface area contributed by atoms with Crippen LogP contribution in [-0.4, -0.2) is 145 Å². The Labute approximate surface area is 164 Å². The molecule has 2 aliphatic rings. The SMILES string of the molecule is OC[C@H]1O[C@@](CO)(O[C@H]2O[C@H](COO)[C@@H](O)[C@H](O)[C@H]2O)[C@@H](O)[C@@H]1O.[NaH]. The molecule has 12 nitrogen and oxygen atoms in total. The molecule has 13 heteroatoms. The van der Waals surface area contributed by atoms with Gasteiger partial charge in [-0.15, -0.1) is 0 Å². The van der Waals surface area contributed by atoms with Crippen LogP contribution in [0.4, 0.5) is 0 Å². The summed E-state index contributed by atoms with van der Waals surface area (Å²) >= 11 is 0. The summed E-state index contributed by atoms with van der Waals surface area (Å²) in [5.41, 5.74) is 0. The molecule has 2 heterocycles. The van der Waals surface area contributed by atoms with Crippen LogP contribution in [0.3, 0.4) is 0 Å². The number of aliphatic hydroxyl groups excluding tert-OH is 7. The van der Waals surface area contributed by atoms with Crippen molar-refractivity contribution in [3.05, 3.63) is 0 Å². The average molecular weight is 382 g/mol. The average Bonchev–Trinajstić information content (AvgIpc) is 2.82. The number of hydrogen-bond acceptors (Lipinski definition) is 12. The molecule has 9 atom stereocenters. The van der Waals surface area contributed by atoms with E-state index < -0.39 is 74.6 Å².